The van der Waals surface area contributed by atoms with Crippen LogP contribution < -0.4 is 4.74 Å². The van der Waals surface area contributed by atoms with Crippen LogP contribution in [0.25, 0.3) is 11.1 Å². The molecule has 1 aliphatic carbocycles. The SMILES string of the molecule is CCCCOC1CCC(c2ccc(CCc3ccc(-c4ccc(OCC)cc4F)cc3)c(F)c2F)CC1. The molecule has 0 heterocycles. The van der Waals surface area contributed by atoms with Gasteiger partial charge < -0.3 is 9.47 Å². The predicted octanol–water partition coefficient (Wildman–Crippen LogP) is 8.80. The van der Waals surface area contributed by atoms with Crippen molar-refractivity contribution >= 4 is 0 Å². The fourth-order valence-corrected chi connectivity index (χ4v) is 5.16. The maximum Gasteiger partial charge on any atom is 0.162 e. The molecule has 0 unspecified atom stereocenters. The molecule has 1 fully saturated rings. The summed E-state index contributed by atoms with van der Waals surface area (Å²) in [4.78, 5) is 0. The van der Waals surface area contributed by atoms with Crippen LogP contribution in [0.4, 0.5) is 13.2 Å². The van der Waals surface area contributed by atoms with E-state index in [0.717, 1.165) is 56.3 Å². The number of hydrogen-bond donors (Lipinski definition) is 0. The summed E-state index contributed by atoms with van der Waals surface area (Å²) in [5.74, 6) is -1.22. The standard InChI is InChI=1S/C32H37F3O2/c1-3-5-20-37-26-15-12-24(13-16-26)29-18-14-25(31(34)32(29)35)11-8-22-6-9-23(10-7-22)28-19-17-27(36-4-2)21-30(28)33/h6-7,9-10,14,17-19,21,24,26H,3-5,8,11-13,15-16,20H2,1-2H3. The van der Waals surface area contributed by atoms with Crippen molar-refractivity contribution < 1.29 is 22.6 Å². The summed E-state index contributed by atoms with van der Waals surface area (Å²) in [7, 11) is 0. The number of ether oxygens (including phenoxy) is 2. The number of rotatable bonds is 11. The van der Waals surface area contributed by atoms with E-state index in [-0.39, 0.29) is 17.8 Å². The van der Waals surface area contributed by atoms with Gasteiger partial charge in [0.1, 0.15) is 11.6 Å². The largest absolute Gasteiger partial charge is 0.494 e. The Morgan fingerprint density at radius 2 is 1.57 bits per heavy atom. The summed E-state index contributed by atoms with van der Waals surface area (Å²) >= 11 is 0. The van der Waals surface area contributed by atoms with E-state index in [4.69, 9.17) is 9.47 Å². The van der Waals surface area contributed by atoms with Gasteiger partial charge in [-0.15, -0.1) is 0 Å². The molecule has 1 saturated carbocycles. The van der Waals surface area contributed by atoms with Crippen LogP contribution in [0.1, 0.15) is 75.0 Å². The zero-order valence-corrected chi connectivity index (χ0v) is 21.9. The van der Waals surface area contributed by atoms with Crippen molar-refractivity contribution in [3.63, 3.8) is 0 Å². The Bertz CT molecular complexity index is 1150. The first-order valence-electron chi connectivity index (χ1n) is 13.6. The highest BCUT2D eigenvalue weighted by Gasteiger charge is 2.26. The molecular weight excluding hydrogens is 473 g/mol. The summed E-state index contributed by atoms with van der Waals surface area (Å²) < 4.78 is 55.8. The van der Waals surface area contributed by atoms with E-state index in [1.165, 1.54) is 6.07 Å². The first-order chi connectivity index (χ1) is 18.0. The van der Waals surface area contributed by atoms with Crippen LogP contribution in [0.3, 0.4) is 0 Å². The third-order valence-electron chi connectivity index (χ3n) is 7.36. The number of hydrogen-bond acceptors (Lipinski definition) is 2. The van der Waals surface area contributed by atoms with Crippen molar-refractivity contribution in [3.8, 4) is 16.9 Å². The topological polar surface area (TPSA) is 18.5 Å². The average Bonchev–Trinajstić information content (AvgIpc) is 2.91. The zero-order valence-electron chi connectivity index (χ0n) is 21.9. The molecule has 198 valence electrons. The van der Waals surface area contributed by atoms with Crippen molar-refractivity contribution in [1.82, 2.24) is 0 Å². The minimum atomic E-state index is -0.730. The van der Waals surface area contributed by atoms with Gasteiger partial charge in [0.25, 0.3) is 0 Å². The van der Waals surface area contributed by atoms with Crippen LogP contribution in [-0.2, 0) is 17.6 Å². The van der Waals surface area contributed by atoms with Gasteiger partial charge in [0.15, 0.2) is 11.6 Å². The van der Waals surface area contributed by atoms with Gasteiger partial charge in [0.05, 0.1) is 12.7 Å². The highest BCUT2D eigenvalue weighted by Crippen LogP contribution is 2.36. The minimum absolute atomic E-state index is 0.0464. The van der Waals surface area contributed by atoms with E-state index >= 15 is 4.39 Å². The van der Waals surface area contributed by atoms with Gasteiger partial charge in [-0.05, 0) is 92.2 Å². The Morgan fingerprint density at radius 1 is 0.811 bits per heavy atom. The first-order valence-corrected chi connectivity index (χ1v) is 13.6. The molecule has 37 heavy (non-hydrogen) atoms. The zero-order chi connectivity index (χ0) is 26.2. The molecule has 3 aromatic carbocycles. The van der Waals surface area contributed by atoms with Crippen LogP contribution in [0.5, 0.6) is 5.75 Å². The molecule has 1 aliphatic rings. The highest BCUT2D eigenvalue weighted by molar-refractivity contribution is 5.65. The molecule has 0 saturated heterocycles. The molecule has 0 N–H and O–H groups in total. The Balaban J connectivity index is 1.35. The lowest BCUT2D eigenvalue weighted by molar-refractivity contribution is 0.0230. The van der Waals surface area contributed by atoms with Gasteiger partial charge in [-0.3, -0.25) is 0 Å². The second-order valence-corrected chi connectivity index (χ2v) is 9.91. The maximum absolute atomic E-state index is 15.0. The van der Waals surface area contributed by atoms with Gasteiger partial charge in [0.2, 0.25) is 0 Å². The Labute approximate surface area is 218 Å². The summed E-state index contributed by atoms with van der Waals surface area (Å²) in [5, 5.41) is 0. The minimum Gasteiger partial charge on any atom is -0.494 e. The quantitative estimate of drug-likeness (QED) is 0.240. The summed E-state index contributed by atoms with van der Waals surface area (Å²) in [5.41, 5.74) is 3.13. The monoisotopic (exact) mass is 510 g/mol. The maximum atomic E-state index is 15.0. The number of benzene rings is 3. The fraction of sp³-hybridized carbons (Fsp3) is 0.438. The van der Waals surface area contributed by atoms with E-state index in [9.17, 15) is 8.78 Å². The van der Waals surface area contributed by atoms with Crippen molar-refractivity contribution in [2.24, 2.45) is 0 Å². The van der Waals surface area contributed by atoms with Crippen LogP contribution in [0, 0.1) is 17.5 Å². The smallest absolute Gasteiger partial charge is 0.162 e. The summed E-state index contributed by atoms with van der Waals surface area (Å²) in [6.07, 6.45) is 6.84. The molecule has 0 spiro atoms. The molecule has 0 aromatic heterocycles. The van der Waals surface area contributed by atoms with Crippen molar-refractivity contribution in [2.45, 2.75) is 77.2 Å². The predicted molar refractivity (Wildman–Crippen MR) is 143 cm³/mol. The molecule has 0 aliphatic heterocycles. The molecule has 3 aromatic rings. The molecule has 4 rings (SSSR count). The number of aryl methyl sites for hydroxylation is 2. The second-order valence-electron chi connectivity index (χ2n) is 9.91. The normalized spacial score (nSPS) is 17.6. The van der Waals surface area contributed by atoms with E-state index in [1.54, 1.807) is 24.3 Å². The lowest BCUT2D eigenvalue weighted by Gasteiger charge is -2.29. The van der Waals surface area contributed by atoms with Crippen LogP contribution >= 0.6 is 0 Å². The highest BCUT2D eigenvalue weighted by atomic mass is 19.2. The van der Waals surface area contributed by atoms with Crippen LogP contribution in [0.15, 0.2) is 54.6 Å². The van der Waals surface area contributed by atoms with Crippen LogP contribution in [-0.4, -0.2) is 19.3 Å². The van der Waals surface area contributed by atoms with Gasteiger partial charge in [0, 0.05) is 18.2 Å². The molecular formula is C32H37F3O2. The second kappa shape index (κ2) is 13.1. The summed E-state index contributed by atoms with van der Waals surface area (Å²) in [6, 6.07) is 15.9. The third-order valence-corrected chi connectivity index (χ3v) is 7.36. The number of unbranched alkanes of at least 4 members (excludes halogenated alkanes) is 1. The third kappa shape index (κ3) is 6.95. The van der Waals surface area contributed by atoms with Crippen molar-refractivity contribution in [3.05, 3.63) is 88.7 Å². The van der Waals surface area contributed by atoms with E-state index in [1.807, 2.05) is 31.2 Å². The Hall–Kier alpha value is -2.79. The van der Waals surface area contributed by atoms with Crippen molar-refractivity contribution in [1.29, 1.82) is 0 Å². The molecule has 0 atom stereocenters. The van der Waals surface area contributed by atoms with Gasteiger partial charge in [-0.1, -0.05) is 49.7 Å². The number of halogens is 3. The fourth-order valence-electron chi connectivity index (χ4n) is 5.16. The Morgan fingerprint density at radius 3 is 2.24 bits per heavy atom. The lowest BCUT2D eigenvalue weighted by atomic mass is 9.82. The molecule has 0 amide bonds. The van der Waals surface area contributed by atoms with E-state index in [2.05, 4.69) is 6.92 Å². The first kappa shape index (κ1) is 27.3. The van der Waals surface area contributed by atoms with E-state index < -0.39 is 11.6 Å². The van der Waals surface area contributed by atoms with E-state index in [0.29, 0.717) is 41.9 Å². The molecule has 5 heteroatoms. The van der Waals surface area contributed by atoms with Crippen LogP contribution in [0.2, 0.25) is 0 Å². The van der Waals surface area contributed by atoms with Gasteiger partial charge in [-0.2, -0.15) is 0 Å². The lowest BCUT2D eigenvalue weighted by Crippen LogP contribution is -2.22. The molecule has 0 bridgehead atoms. The molecule has 0 radical (unpaired) electrons. The van der Waals surface area contributed by atoms with Gasteiger partial charge >= 0.3 is 0 Å². The van der Waals surface area contributed by atoms with Crippen molar-refractivity contribution in [2.75, 3.05) is 13.2 Å². The van der Waals surface area contributed by atoms with Gasteiger partial charge in [-0.25, -0.2) is 13.2 Å². The average molecular weight is 511 g/mol. The molecule has 2 nitrogen and oxygen atoms in total. The summed E-state index contributed by atoms with van der Waals surface area (Å²) in [6.45, 7) is 5.26. The Kier molecular flexibility index (Phi) is 9.68.